The summed E-state index contributed by atoms with van der Waals surface area (Å²) >= 11 is 6.14. The van der Waals surface area contributed by atoms with Crippen LogP contribution in [0.15, 0.2) is 66.7 Å². The summed E-state index contributed by atoms with van der Waals surface area (Å²) in [6.07, 6.45) is -4.81. The van der Waals surface area contributed by atoms with Crippen molar-refractivity contribution in [3.05, 3.63) is 82.9 Å². The number of hydrogen-bond acceptors (Lipinski definition) is 4. The summed E-state index contributed by atoms with van der Waals surface area (Å²) in [6, 6.07) is 15.0. The third kappa shape index (κ3) is 6.88. The maximum atomic E-state index is 12.8. The topological polar surface area (TPSA) is 76.7 Å². The summed E-state index contributed by atoms with van der Waals surface area (Å²) in [4.78, 5) is 25.1. The molecule has 2 N–H and O–H groups in total. The van der Waals surface area contributed by atoms with E-state index in [1.807, 2.05) is 6.92 Å². The number of hydrogen-bond donors (Lipinski definition) is 2. The van der Waals surface area contributed by atoms with Gasteiger partial charge in [0, 0.05) is 16.8 Å². The van der Waals surface area contributed by atoms with Gasteiger partial charge in [-0.15, -0.1) is 13.2 Å². The van der Waals surface area contributed by atoms with Gasteiger partial charge in [-0.25, -0.2) is 4.79 Å². The lowest BCUT2D eigenvalue weighted by atomic mass is 10.0. The van der Waals surface area contributed by atoms with E-state index in [9.17, 15) is 22.8 Å². The first kappa shape index (κ1) is 23.9. The molecule has 0 saturated carbocycles. The van der Waals surface area contributed by atoms with E-state index < -0.39 is 18.1 Å². The number of carbonyl (C=O) groups excluding carboxylic acids is 2. The van der Waals surface area contributed by atoms with Crippen LogP contribution in [-0.4, -0.2) is 24.8 Å². The Morgan fingerprint density at radius 3 is 2.09 bits per heavy atom. The van der Waals surface area contributed by atoms with Crippen LogP contribution in [0, 0.1) is 0 Å². The molecule has 3 aromatic rings. The fourth-order valence-electron chi connectivity index (χ4n) is 2.82. The highest BCUT2D eigenvalue weighted by Gasteiger charge is 2.31. The van der Waals surface area contributed by atoms with Gasteiger partial charge in [-0.05, 0) is 73.7 Å². The number of carbonyl (C=O) groups is 2. The lowest BCUT2D eigenvalue weighted by Crippen LogP contribution is -2.20. The maximum Gasteiger partial charge on any atom is 0.573 e. The van der Waals surface area contributed by atoms with E-state index >= 15 is 0 Å². The number of benzene rings is 3. The Hall–Kier alpha value is -3.72. The van der Waals surface area contributed by atoms with Gasteiger partial charge in [0.2, 0.25) is 0 Å². The summed E-state index contributed by atoms with van der Waals surface area (Å²) < 4.78 is 45.8. The molecule has 0 atom stereocenters. The zero-order valence-corrected chi connectivity index (χ0v) is 18.0. The summed E-state index contributed by atoms with van der Waals surface area (Å²) in [5.41, 5.74) is 1.13. The van der Waals surface area contributed by atoms with Crippen LogP contribution in [0.25, 0.3) is 0 Å². The SMILES string of the molecule is CCOc1ccc(C(=O)c2ccc(Cl)c(NC(=O)Nc3ccc(OC(F)(F)F)cc3)c2)cc1. The van der Waals surface area contributed by atoms with Crippen LogP contribution in [0.2, 0.25) is 5.02 Å². The van der Waals surface area contributed by atoms with Gasteiger partial charge in [-0.1, -0.05) is 11.6 Å². The zero-order valence-electron chi connectivity index (χ0n) is 17.2. The summed E-state index contributed by atoms with van der Waals surface area (Å²) in [6.45, 7) is 2.36. The molecule has 10 heteroatoms. The number of urea groups is 1. The quantitative estimate of drug-likeness (QED) is 0.379. The molecule has 0 radical (unpaired) electrons. The molecule has 0 aromatic heterocycles. The fraction of sp³-hybridized carbons (Fsp3) is 0.130. The van der Waals surface area contributed by atoms with E-state index in [2.05, 4.69) is 15.4 Å². The molecule has 0 unspecified atom stereocenters. The van der Waals surface area contributed by atoms with Gasteiger partial charge in [0.05, 0.1) is 17.3 Å². The summed E-state index contributed by atoms with van der Waals surface area (Å²) in [5.74, 6) is -0.0578. The molecular formula is C23H18ClF3N2O4. The van der Waals surface area contributed by atoms with E-state index in [0.717, 1.165) is 12.1 Å². The highest BCUT2D eigenvalue weighted by atomic mass is 35.5. The highest BCUT2D eigenvalue weighted by molar-refractivity contribution is 6.34. The van der Waals surface area contributed by atoms with Crippen molar-refractivity contribution < 1.29 is 32.2 Å². The minimum Gasteiger partial charge on any atom is -0.494 e. The molecule has 0 aliphatic rings. The number of ether oxygens (including phenoxy) is 2. The third-order valence-electron chi connectivity index (χ3n) is 4.25. The van der Waals surface area contributed by atoms with Crippen molar-refractivity contribution in [3.63, 3.8) is 0 Å². The Kier molecular flexibility index (Phi) is 7.44. The number of anilines is 2. The zero-order chi connectivity index (χ0) is 24.0. The van der Waals surface area contributed by atoms with E-state index in [-0.39, 0.29) is 22.2 Å². The fourth-order valence-corrected chi connectivity index (χ4v) is 2.99. The first-order valence-electron chi connectivity index (χ1n) is 9.65. The van der Waals surface area contributed by atoms with Crippen molar-refractivity contribution in [2.24, 2.45) is 0 Å². The van der Waals surface area contributed by atoms with Crippen LogP contribution in [-0.2, 0) is 0 Å². The standard InChI is InChI=1S/C23H18ClF3N2O4/c1-2-32-17-8-3-14(4-9-17)21(30)15-5-12-19(24)20(13-15)29-22(31)28-16-6-10-18(11-7-16)33-23(25,26)27/h3-13H,2H2,1H3,(H2,28,29,31). The van der Waals surface area contributed by atoms with Crippen molar-refractivity contribution in [1.82, 2.24) is 0 Å². The molecule has 0 spiro atoms. The number of rotatable bonds is 7. The predicted molar refractivity (Wildman–Crippen MR) is 118 cm³/mol. The maximum absolute atomic E-state index is 12.8. The van der Waals surface area contributed by atoms with Crippen molar-refractivity contribution in [1.29, 1.82) is 0 Å². The van der Waals surface area contributed by atoms with Gasteiger partial charge in [0.1, 0.15) is 11.5 Å². The number of ketones is 1. The minimum absolute atomic E-state index is 0.183. The molecule has 0 fully saturated rings. The number of amides is 2. The van der Waals surface area contributed by atoms with Crippen molar-refractivity contribution >= 4 is 34.8 Å². The van der Waals surface area contributed by atoms with Crippen LogP contribution in [0.4, 0.5) is 29.3 Å². The molecule has 0 heterocycles. The number of nitrogens with one attached hydrogen (secondary N) is 2. The number of alkyl halides is 3. The van der Waals surface area contributed by atoms with Crippen LogP contribution >= 0.6 is 11.6 Å². The van der Waals surface area contributed by atoms with Crippen molar-refractivity contribution in [3.8, 4) is 11.5 Å². The molecule has 0 bridgehead atoms. The molecule has 172 valence electrons. The first-order chi connectivity index (χ1) is 15.6. The molecule has 0 aliphatic carbocycles. The molecular weight excluding hydrogens is 461 g/mol. The molecule has 33 heavy (non-hydrogen) atoms. The first-order valence-corrected chi connectivity index (χ1v) is 10.0. The molecule has 0 saturated heterocycles. The second-order valence-corrected chi connectivity index (χ2v) is 7.04. The van der Waals surface area contributed by atoms with Crippen molar-refractivity contribution in [2.45, 2.75) is 13.3 Å². The molecule has 0 aliphatic heterocycles. The molecule has 2 amide bonds. The van der Waals surface area contributed by atoms with Gasteiger partial charge in [0.25, 0.3) is 0 Å². The van der Waals surface area contributed by atoms with Gasteiger partial charge in [-0.2, -0.15) is 0 Å². The third-order valence-corrected chi connectivity index (χ3v) is 4.58. The molecule has 3 rings (SSSR count). The van der Waals surface area contributed by atoms with Crippen LogP contribution in [0.5, 0.6) is 11.5 Å². The lowest BCUT2D eigenvalue weighted by Gasteiger charge is -2.12. The second kappa shape index (κ2) is 10.3. The van der Waals surface area contributed by atoms with Gasteiger partial charge in [0.15, 0.2) is 5.78 Å². The summed E-state index contributed by atoms with van der Waals surface area (Å²) in [7, 11) is 0. The minimum atomic E-state index is -4.81. The molecule has 6 nitrogen and oxygen atoms in total. The normalized spacial score (nSPS) is 10.9. The van der Waals surface area contributed by atoms with Gasteiger partial charge < -0.3 is 20.1 Å². The molecule has 3 aromatic carbocycles. The van der Waals surface area contributed by atoms with E-state index in [1.54, 1.807) is 24.3 Å². The predicted octanol–water partition coefficient (Wildman–Crippen LogP) is 6.51. The van der Waals surface area contributed by atoms with Crippen LogP contribution < -0.4 is 20.1 Å². The Morgan fingerprint density at radius 1 is 0.879 bits per heavy atom. The Morgan fingerprint density at radius 2 is 1.48 bits per heavy atom. The van der Waals surface area contributed by atoms with Gasteiger partial charge in [-0.3, -0.25) is 4.79 Å². The van der Waals surface area contributed by atoms with Crippen LogP contribution in [0.1, 0.15) is 22.8 Å². The Balaban J connectivity index is 1.68. The smallest absolute Gasteiger partial charge is 0.494 e. The monoisotopic (exact) mass is 478 g/mol. The average molecular weight is 479 g/mol. The number of halogens is 4. The van der Waals surface area contributed by atoms with E-state index in [4.69, 9.17) is 16.3 Å². The van der Waals surface area contributed by atoms with Crippen LogP contribution in [0.3, 0.4) is 0 Å². The summed E-state index contributed by atoms with van der Waals surface area (Å²) in [5, 5.41) is 5.18. The largest absolute Gasteiger partial charge is 0.573 e. The second-order valence-electron chi connectivity index (χ2n) is 6.63. The van der Waals surface area contributed by atoms with E-state index in [0.29, 0.717) is 23.5 Å². The Bertz CT molecular complexity index is 1130. The Labute approximate surface area is 192 Å². The lowest BCUT2D eigenvalue weighted by molar-refractivity contribution is -0.274. The highest BCUT2D eigenvalue weighted by Crippen LogP contribution is 2.26. The average Bonchev–Trinajstić information content (AvgIpc) is 2.76. The van der Waals surface area contributed by atoms with Gasteiger partial charge >= 0.3 is 12.4 Å². The van der Waals surface area contributed by atoms with Crippen molar-refractivity contribution in [2.75, 3.05) is 17.2 Å². The van der Waals surface area contributed by atoms with E-state index in [1.165, 1.54) is 30.3 Å².